The largest absolute Gasteiger partial charge is 0.407 e. The molecule has 43 heavy (non-hydrogen) atoms. The van der Waals surface area contributed by atoms with Gasteiger partial charge in [-0.15, -0.1) is 0 Å². The number of aromatic amines is 1. The van der Waals surface area contributed by atoms with E-state index in [1.807, 2.05) is 30.3 Å². The molecular weight excluding hydrogens is 547 g/mol. The Morgan fingerprint density at radius 2 is 1.49 bits per heavy atom. The molecule has 0 fully saturated rings. The zero-order valence-electron chi connectivity index (χ0n) is 25.1. The summed E-state index contributed by atoms with van der Waals surface area (Å²) in [5, 5.41) is 2.38. The van der Waals surface area contributed by atoms with Crippen LogP contribution in [0.3, 0.4) is 0 Å². The number of nitrogens with one attached hydrogen (secondary N) is 1. The summed E-state index contributed by atoms with van der Waals surface area (Å²) in [6, 6.07) is 35.5. The molecule has 1 unspecified atom stereocenters. The second kappa shape index (κ2) is 11.8. The molecule has 0 saturated heterocycles. The number of carbonyl (C=O) groups excluding carboxylic acids is 1. The molecule has 3 N–H and O–H groups in total. The minimum Gasteiger partial charge on any atom is -0.407 e. The van der Waals surface area contributed by atoms with Gasteiger partial charge in [-0.25, -0.2) is 4.98 Å². The Morgan fingerprint density at radius 1 is 0.884 bits per heavy atom. The maximum atomic E-state index is 14.0. The average Bonchev–Trinajstić information content (AvgIpc) is 3.37. The standard InChI is InChI=1S/C37H39N3O2Si/c1-37(2,3)43(29-15-9-5-10-16-29,30-17-11-6-12-18-30)42-25-27-22-32-35(33(41)23-27)31(21-26-13-7-4-8-14-26)36(40-32)28-19-20-39-34(38)24-28/h4-20,24,27,40H,21-23,25H2,1-3H3,(H2,38,39). The molecule has 218 valence electrons. The molecule has 2 heterocycles. The number of hydrogen-bond donors (Lipinski definition) is 2. The number of nitrogen functional groups attached to an aromatic ring is 1. The van der Waals surface area contributed by atoms with Gasteiger partial charge in [0, 0.05) is 42.5 Å². The highest BCUT2D eigenvalue weighted by Crippen LogP contribution is 2.39. The molecular formula is C37H39N3O2Si. The van der Waals surface area contributed by atoms with Gasteiger partial charge in [-0.3, -0.25) is 4.79 Å². The number of hydrogen-bond acceptors (Lipinski definition) is 4. The number of rotatable bonds is 8. The first-order valence-corrected chi connectivity index (χ1v) is 16.9. The fourth-order valence-electron chi connectivity index (χ4n) is 6.76. The second-order valence-corrected chi connectivity index (χ2v) is 16.9. The Kier molecular flexibility index (Phi) is 7.90. The van der Waals surface area contributed by atoms with Gasteiger partial charge in [0.15, 0.2) is 5.78 Å². The van der Waals surface area contributed by atoms with E-state index in [1.54, 1.807) is 6.20 Å². The normalized spacial score (nSPS) is 15.3. The van der Waals surface area contributed by atoms with E-state index in [2.05, 4.69) is 104 Å². The van der Waals surface area contributed by atoms with E-state index in [4.69, 9.17) is 10.2 Å². The van der Waals surface area contributed by atoms with Crippen molar-refractivity contribution in [1.82, 2.24) is 9.97 Å². The lowest BCUT2D eigenvalue weighted by Gasteiger charge is -2.44. The Hall–Kier alpha value is -4.26. The number of Topliss-reactive ketones (excluding diaryl/α,β-unsaturated/α-hetero) is 1. The minimum atomic E-state index is -2.70. The molecule has 0 radical (unpaired) electrons. The summed E-state index contributed by atoms with van der Waals surface area (Å²) in [4.78, 5) is 21.8. The fourth-order valence-corrected chi connectivity index (χ4v) is 11.4. The molecule has 1 aliphatic rings. The molecule has 0 bridgehead atoms. The third-order valence-corrected chi connectivity index (χ3v) is 13.7. The first-order valence-electron chi connectivity index (χ1n) is 15.0. The zero-order valence-corrected chi connectivity index (χ0v) is 26.1. The highest BCUT2D eigenvalue weighted by Gasteiger charge is 2.50. The van der Waals surface area contributed by atoms with Gasteiger partial charge in [0.05, 0.1) is 5.69 Å². The van der Waals surface area contributed by atoms with Gasteiger partial charge in [-0.05, 0) is 51.0 Å². The third kappa shape index (κ3) is 5.60. The molecule has 0 amide bonds. The average molecular weight is 586 g/mol. The van der Waals surface area contributed by atoms with E-state index < -0.39 is 8.32 Å². The number of benzene rings is 3. The summed E-state index contributed by atoms with van der Waals surface area (Å²) < 4.78 is 7.25. The van der Waals surface area contributed by atoms with Crippen LogP contribution in [0.2, 0.25) is 5.04 Å². The van der Waals surface area contributed by atoms with Gasteiger partial charge in [0.2, 0.25) is 0 Å². The summed E-state index contributed by atoms with van der Waals surface area (Å²) >= 11 is 0. The number of fused-ring (bicyclic) bond motifs is 1. The van der Waals surface area contributed by atoms with Crippen molar-refractivity contribution in [2.45, 2.75) is 45.1 Å². The van der Waals surface area contributed by atoms with E-state index in [1.165, 1.54) is 10.4 Å². The zero-order chi connectivity index (χ0) is 30.0. The molecule has 1 atom stereocenters. The molecule has 5 aromatic rings. The van der Waals surface area contributed by atoms with Crippen LogP contribution in [-0.4, -0.2) is 30.7 Å². The lowest BCUT2D eigenvalue weighted by atomic mass is 9.84. The molecule has 6 rings (SSSR count). The summed E-state index contributed by atoms with van der Waals surface area (Å²) in [7, 11) is -2.70. The SMILES string of the molecule is CC(C)(C)[Si](OCC1CC(=O)c2c([nH]c(-c3ccnc(N)c3)c2Cc2ccccc2)C1)(c1ccccc1)c1ccccc1. The van der Waals surface area contributed by atoms with E-state index in [9.17, 15) is 4.79 Å². The monoisotopic (exact) mass is 585 g/mol. The predicted octanol–water partition coefficient (Wildman–Crippen LogP) is 6.57. The Morgan fingerprint density at radius 3 is 2.07 bits per heavy atom. The minimum absolute atomic E-state index is 0.0697. The Bertz CT molecular complexity index is 1670. The van der Waals surface area contributed by atoms with Crippen LogP contribution in [0.25, 0.3) is 11.3 Å². The van der Waals surface area contributed by atoms with Gasteiger partial charge in [0.1, 0.15) is 5.82 Å². The van der Waals surface area contributed by atoms with Gasteiger partial charge >= 0.3 is 0 Å². The molecule has 6 heteroatoms. The van der Waals surface area contributed by atoms with Gasteiger partial charge < -0.3 is 15.1 Å². The number of pyridine rings is 1. The van der Waals surface area contributed by atoms with Crippen LogP contribution in [0.5, 0.6) is 0 Å². The van der Waals surface area contributed by atoms with Crippen molar-refractivity contribution in [3.8, 4) is 11.3 Å². The van der Waals surface area contributed by atoms with Crippen LogP contribution >= 0.6 is 0 Å². The topological polar surface area (TPSA) is 81.0 Å². The van der Waals surface area contributed by atoms with Gasteiger partial charge in [-0.1, -0.05) is 112 Å². The smallest absolute Gasteiger partial charge is 0.261 e. The summed E-state index contributed by atoms with van der Waals surface area (Å²) in [6.07, 6.45) is 3.60. The maximum absolute atomic E-state index is 14.0. The van der Waals surface area contributed by atoms with Crippen molar-refractivity contribution < 1.29 is 9.22 Å². The number of aromatic nitrogens is 2. The van der Waals surface area contributed by atoms with E-state index in [0.29, 0.717) is 25.3 Å². The van der Waals surface area contributed by atoms with Crippen molar-refractivity contribution in [2.24, 2.45) is 5.92 Å². The van der Waals surface area contributed by atoms with Crippen LogP contribution in [0.4, 0.5) is 5.82 Å². The third-order valence-electron chi connectivity index (χ3n) is 8.67. The maximum Gasteiger partial charge on any atom is 0.261 e. The first-order chi connectivity index (χ1) is 20.8. The summed E-state index contributed by atoms with van der Waals surface area (Å²) in [6.45, 7) is 7.38. The Labute approximate surface area is 255 Å². The predicted molar refractivity (Wildman–Crippen MR) is 177 cm³/mol. The molecule has 2 aromatic heterocycles. The molecule has 1 aliphatic carbocycles. The number of ketones is 1. The van der Waals surface area contributed by atoms with Crippen LogP contribution in [0, 0.1) is 5.92 Å². The van der Waals surface area contributed by atoms with Gasteiger partial charge in [-0.2, -0.15) is 0 Å². The van der Waals surface area contributed by atoms with Crippen LogP contribution in [0.15, 0.2) is 109 Å². The fraction of sp³-hybridized carbons (Fsp3) is 0.243. The molecule has 5 nitrogen and oxygen atoms in total. The number of nitrogens with two attached hydrogens (primary N) is 1. The van der Waals surface area contributed by atoms with Crippen molar-refractivity contribution in [3.63, 3.8) is 0 Å². The van der Waals surface area contributed by atoms with E-state index >= 15 is 0 Å². The quantitative estimate of drug-likeness (QED) is 0.202. The Balaban J connectivity index is 1.36. The van der Waals surface area contributed by atoms with Crippen molar-refractivity contribution >= 4 is 30.3 Å². The second-order valence-electron chi connectivity index (χ2n) is 12.6. The molecule has 0 spiro atoms. The number of nitrogens with zero attached hydrogens (tertiary/aromatic N) is 1. The summed E-state index contributed by atoms with van der Waals surface area (Å²) in [5.74, 6) is 0.701. The van der Waals surface area contributed by atoms with Crippen molar-refractivity contribution in [1.29, 1.82) is 0 Å². The first kappa shape index (κ1) is 28.8. The van der Waals surface area contributed by atoms with Crippen molar-refractivity contribution in [3.05, 3.63) is 132 Å². The number of anilines is 1. The van der Waals surface area contributed by atoms with Gasteiger partial charge in [0.25, 0.3) is 8.32 Å². The highest BCUT2D eigenvalue weighted by molar-refractivity contribution is 6.99. The highest BCUT2D eigenvalue weighted by atomic mass is 28.4. The van der Waals surface area contributed by atoms with Crippen LogP contribution < -0.4 is 16.1 Å². The number of H-pyrrole nitrogens is 1. The van der Waals surface area contributed by atoms with Crippen molar-refractivity contribution in [2.75, 3.05) is 12.3 Å². The summed E-state index contributed by atoms with van der Waals surface area (Å²) in [5.41, 5.74) is 12.0. The molecule has 0 aliphatic heterocycles. The molecule has 3 aromatic carbocycles. The molecule has 0 saturated carbocycles. The number of carbonyl (C=O) groups is 1. The lowest BCUT2D eigenvalue weighted by molar-refractivity contribution is 0.0922. The van der Waals surface area contributed by atoms with E-state index in [-0.39, 0.29) is 16.7 Å². The van der Waals surface area contributed by atoms with Crippen LogP contribution in [0.1, 0.15) is 54.4 Å². The van der Waals surface area contributed by atoms with Crippen LogP contribution in [-0.2, 0) is 17.3 Å². The van der Waals surface area contributed by atoms with E-state index in [0.717, 1.165) is 40.1 Å². The lowest BCUT2D eigenvalue weighted by Crippen LogP contribution is -2.67.